The third-order valence-corrected chi connectivity index (χ3v) is 4.72. The number of rotatable bonds is 3. The fraction of sp³-hybridized carbons (Fsp3) is 0.100. The van der Waals surface area contributed by atoms with Gasteiger partial charge >= 0.3 is 0 Å². The van der Waals surface area contributed by atoms with Gasteiger partial charge in [-0.05, 0) is 38.1 Å². The van der Waals surface area contributed by atoms with Crippen LogP contribution in [0.25, 0.3) is 16.7 Å². The maximum atomic E-state index is 13.0. The third-order valence-electron chi connectivity index (χ3n) is 4.23. The van der Waals surface area contributed by atoms with Crippen molar-refractivity contribution in [2.75, 3.05) is 5.32 Å². The molecule has 0 aliphatic carbocycles. The number of para-hydroxylation sites is 1. The van der Waals surface area contributed by atoms with E-state index >= 15 is 0 Å². The fourth-order valence-electron chi connectivity index (χ4n) is 3.02. The van der Waals surface area contributed by atoms with Crippen LogP contribution in [0.2, 0.25) is 10.0 Å². The fourth-order valence-corrected chi connectivity index (χ4v) is 3.45. The molecule has 0 aliphatic heterocycles. The topological polar surface area (TPSA) is 72.7 Å². The average molecular weight is 412 g/mol. The lowest BCUT2D eigenvalue weighted by Crippen LogP contribution is -2.14. The summed E-state index contributed by atoms with van der Waals surface area (Å²) in [5.41, 5.74) is 3.34. The number of nitrogens with zero attached hydrogens (tertiary/aromatic N) is 4. The number of amides is 1. The van der Waals surface area contributed by atoms with Crippen molar-refractivity contribution in [2.45, 2.75) is 13.8 Å². The molecule has 0 aliphatic rings. The van der Waals surface area contributed by atoms with Gasteiger partial charge in [-0.1, -0.05) is 41.4 Å². The van der Waals surface area contributed by atoms with E-state index in [9.17, 15) is 4.79 Å². The summed E-state index contributed by atoms with van der Waals surface area (Å²) in [5, 5.41) is 8.67. The normalized spacial score (nSPS) is 11.0. The van der Waals surface area contributed by atoms with Crippen LogP contribution in [0.1, 0.15) is 21.7 Å². The standard InChI is InChI=1S/C20H15Cl2N5O/c1-11-8-15(20(28)25-18-16(22)9-13(21)10-23-18)17-12(2)26-27(19(17)24-11)14-6-4-3-5-7-14/h3-10H,1-2H3,(H,23,25,28). The molecule has 0 fully saturated rings. The molecule has 0 atom stereocenters. The second-order valence-electron chi connectivity index (χ2n) is 6.28. The zero-order valence-corrected chi connectivity index (χ0v) is 16.6. The molecule has 1 aromatic carbocycles. The van der Waals surface area contributed by atoms with E-state index in [0.717, 1.165) is 5.69 Å². The van der Waals surface area contributed by atoms with Gasteiger partial charge in [-0.2, -0.15) is 5.10 Å². The van der Waals surface area contributed by atoms with Crippen LogP contribution in [0, 0.1) is 13.8 Å². The Morgan fingerprint density at radius 1 is 1.11 bits per heavy atom. The Balaban J connectivity index is 1.83. The highest BCUT2D eigenvalue weighted by atomic mass is 35.5. The molecule has 6 nitrogen and oxygen atoms in total. The van der Waals surface area contributed by atoms with Crippen LogP contribution in [-0.4, -0.2) is 25.7 Å². The van der Waals surface area contributed by atoms with Crippen molar-refractivity contribution < 1.29 is 4.79 Å². The Morgan fingerprint density at radius 2 is 1.86 bits per heavy atom. The Kier molecular flexibility index (Phi) is 4.75. The molecular weight excluding hydrogens is 397 g/mol. The summed E-state index contributed by atoms with van der Waals surface area (Å²) in [6.07, 6.45) is 1.43. The largest absolute Gasteiger partial charge is 0.305 e. The van der Waals surface area contributed by atoms with Gasteiger partial charge in [0, 0.05) is 11.9 Å². The smallest absolute Gasteiger partial charge is 0.257 e. The minimum Gasteiger partial charge on any atom is -0.305 e. The van der Waals surface area contributed by atoms with E-state index in [1.165, 1.54) is 12.3 Å². The number of anilines is 1. The summed E-state index contributed by atoms with van der Waals surface area (Å²) in [7, 11) is 0. The summed E-state index contributed by atoms with van der Waals surface area (Å²) in [6, 6.07) is 12.9. The minimum atomic E-state index is -0.345. The van der Waals surface area contributed by atoms with Crippen LogP contribution in [0.3, 0.4) is 0 Å². The second-order valence-corrected chi connectivity index (χ2v) is 7.12. The predicted octanol–water partition coefficient (Wildman–Crippen LogP) is 4.99. The molecule has 3 heterocycles. The van der Waals surface area contributed by atoms with Crippen LogP contribution in [0.15, 0.2) is 48.7 Å². The quantitative estimate of drug-likeness (QED) is 0.515. The lowest BCUT2D eigenvalue weighted by Gasteiger charge is -2.09. The first-order valence-electron chi connectivity index (χ1n) is 8.49. The van der Waals surface area contributed by atoms with Gasteiger partial charge in [0.2, 0.25) is 0 Å². The van der Waals surface area contributed by atoms with E-state index in [4.69, 9.17) is 23.2 Å². The van der Waals surface area contributed by atoms with Gasteiger partial charge in [0.05, 0.1) is 32.4 Å². The summed E-state index contributed by atoms with van der Waals surface area (Å²) in [6.45, 7) is 3.69. The van der Waals surface area contributed by atoms with Gasteiger partial charge in [0.1, 0.15) is 0 Å². The molecule has 3 aromatic heterocycles. The second kappa shape index (κ2) is 7.22. The maximum absolute atomic E-state index is 13.0. The van der Waals surface area contributed by atoms with Crippen LogP contribution < -0.4 is 5.32 Å². The highest BCUT2D eigenvalue weighted by molar-refractivity contribution is 6.36. The number of aryl methyl sites for hydroxylation is 2. The molecule has 0 radical (unpaired) electrons. The number of nitrogens with one attached hydrogen (secondary N) is 1. The van der Waals surface area contributed by atoms with Crippen molar-refractivity contribution in [3.63, 3.8) is 0 Å². The van der Waals surface area contributed by atoms with Gasteiger partial charge in [-0.15, -0.1) is 0 Å². The van der Waals surface area contributed by atoms with Crippen molar-refractivity contribution in [1.29, 1.82) is 0 Å². The predicted molar refractivity (Wildman–Crippen MR) is 111 cm³/mol. The first-order valence-corrected chi connectivity index (χ1v) is 9.24. The number of aromatic nitrogens is 4. The molecule has 1 amide bonds. The van der Waals surface area contributed by atoms with E-state index in [-0.39, 0.29) is 16.7 Å². The minimum absolute atomic E-state index is 0.242. The van der Waals surface area contributed by atoms with E-state index in [0.29, 0.717) is 33.0 Å². The molecule has 4 aromatic rings. The van der Waals surface area contributed by atoms with Gasteiger partial charge in [-0.3, -0.25) is 4.79 Å². The van der Waals surface area contributed by atoms with E-state index < -0.39 is 0 Å². The van der Waals surface area contributed by atoms with Crippen molar-refractivity contribution in [3.8, 4) is 5.69 Å². The Morgan fingerprint density at radius 3 is 2.57 bits per heavy atom. The average Bonchev–Trinajstić information content (AvgIpc) is 3.00. The van der Waals surface area contributed by atoms with Crippen LogP contribution in [0.4, 0.5) is 5.82 Å². The van der Waals surface area contributed by atoms with Gasteiger partial charge < -0.3 is 5.32 Å². The number of hydrogen-bond acceptors (Lipinski definition) is 4. The Bertz CT molecular complexity index is 1200. The highest BCUT2D eigenvalue weighted by Gasteiger charge is 2.20. The monoisotopic (exact) mass is 411 g/mol. The molecule has 4 rings (SSSR count). The molecule has 28 heavy (non-hydrogen) atoms. The van der Waals surface area contributed by atoms with Crippen molar-refractivity contribution in [2.24, 2.45) is 0 Å². The number of fused-ring (bicyclic) bond motifs is 1. The Hall–Kier alpha value is -2.96. The molecule has 140 valence electrons. The molecule has 0 bridgehead atoms. The van der Waals surface area contributed by atoms with Crippen molar-refractivity contribution in [1.82, 2.24) is 19.7 Å². The number of carbonyl (C=O) groups excluding carboxylic acids is 1. The number of halogens is 2. The molecular formula is C20H15Cl2N5O. The number of benzene rings is 1. The zero-order chi connectivity index (χ0) is 19.8. The number of pyridine rings is 2. The van der Waals surface area contributed by atoms with Crippen LogP contribution in [0.5, 0.6) is 0 Å². The maximum Gasteiger partial charge on any atom is 0.257 e. The molecule has 0 saturated carbocycles. The molecule has 1 N–H and O–H groups in total. The van der Waals surface area contributed by atoms with Crippen LogP contribution in [-0.2, 0) is 0 Å². The van der Waals surface area contributed by atoms with Gasteiger partial charge in [0.25, 0.3) is 5.91 Å². The first kappa shape index (κ1) is 18.4. The van der Waals surface area contributed by atoms with Crippen LogP contribution >= 0.6 is 23.2 Å². The van der Waals surface area contributed by atoms with Gasteiger partial charge in [-0.25, -0.2) is 14.6 Å². The molecule has 0 spiro atoms. The SMILES string of the molecule is Cc1cc(C(=O)Nc2ncc(Cl)cc2Cl)c2c(C)nn(-c3ccccc3)c2n1. The lowest BCUT2D eigenvalue weighted by molar-refractivity contribution is 0.102. The first-order chi connectivity index (χ1) is 13.4. The molecule has 8 heteroatoms. The van der Waals surface area contributed by atoms with E-state index in [1.807, 2.05) is 44.2 Å². The summed E-state index contributed by atoms with van der Waals surface area (Å²) >= 11 is 12.0. The summed E-state index contributed by atoms with van der Waals surface area (Å²) in [5.74, 6) is -0.102. The van der Waals surface area contributed by atoms with Crippen molar-refractivity contribution >= 4 is 46.0 Å². The molecule has 0 unspecified atom stereocenters. The van der Waals surface area contributed by atoms with E-state index in [2.05, 4.69) is 20.4 Å². The highest BCUT2D eigenvalue weighted by Crippen LogP contribution is 2.27. The lowest BCUT2D eigenvalue weighted by atomic mass is 10.1. The summed E-state index contributed by atoms with van der Waals surface area (Å²) in [4.78, 5) is 21.7. The Labute approximate surface area is 171 Å². The van der Waals surface area contributed by atoms with E-state index in [1.54, 1.807) is 10.7 Å². The zero-order valence-electron chi connectivity index (χ0n) is 15.1. The molecule has 0 saturated heterocycles. The van der Waals surface area contributed by atoms with Gasteiger partial charge in [0.15, 0.2) is 11.5 Å². The number of carbonyl (C=O) groups is 1. The third kappa shape index (κ3) is 3.32. The number of hydrogen-bond donors (Lipinski definition) is 1. The van der Waals surface area contributed by atoms with Crippen molar-refractivity contribution in [3.05, 3.63) is 75.7 Å². The summed E-state index contributed by atoms with van der Waals surface area (Å²) < 4.78 is 1.74.